The number of hydrogen-bond donors (Lipinski definition) is 6. The maximum Gasteiger partial charge on any atom is 0.472 e. The first kappa shape index (κ1) is 56.1. The molecule has 1 rings (SSSR count). The molecule has 1 aliphatic rings. The average molecular weight is 865 g/mol. The predicted molar refractivity (Wildman–Crippen MR) is 235 cm³/mol. The zero-order chi connectivity index (χ0) is 43.4. The maximum absolute atomic E-state index is 12.8. The number of rotatable bonds is 41. The third-order valence-electron chi connectivity index (χ3n) is 11.4. The molecule has 0 heterocycles. The molecule has 13 heteroatoms. The first-order valence-corrected chi connectivity index (χ1v) is 25.5. The van der Waals surface area contributed by atoms with Gasteiger partial charge in [-0.2, -0.15) is 0 Å². The summed E-state index contributed by atoms with van der Waals surface area (Å²) in [6.07, 6.45) is 28.7. The largest absolute Gasteiger partial charge is 0.472 e. The van der Waals surface area contributed by atoms with Gasteiger partial charge in [-0.15, -0.1) is 0 Å². The summed E-state index contributed by atoms with van der Waals surface area (Å²) < 4.78 is 34.1. The number of phosphoric acid groups is 1. The van der Waals surface area contributed by atoms with Crippen molar-refractivity contribution in [2.75, 3.05) is 19.8 Å². The average Bonchev–Trinajstić information content (AvgIpc) is 3.22. The van der Waals surface area contributed by atoms with Crippen LogP contribution in [0, 0.1) is 0 Å². The molecule has 0 aromatic rings. The van der Waals surface area contributed by atoms with Gasteiger partial charge in [-0.05, 0) is 38.5 Å². The Bertz CT molecular complexity index is 1030. The van der Waals surface area contributed by atoms with Crippen molar-refractivity contribution >= 4 is 13.8 Å². The molecule has 0 aromatic carbocycles. The lowest BCUT2D eigenvalue weighted by molar-refractivity contribution is -0.220. The summed E-state index contributed by atoms with van der Waals surface area (Å²) in [5, 5.41) is 50.1. The Morgan fingerprint density at radius 1 is 0.525 bits per heavy atom. The van der Waals surface area contributed by atoms with Gasteiger partial charge in [-0.25, -0.2) is 4.57 Å². The number of carbonyl (C=O) groups is 1. The molecular weight excluding hydrogens is 775 g/mol. The third kappa shape index (κ3) is 29.9. The van der Waals surface area contributed by atoms with E-state index >= 15 is 0 Å². The van der Waals surface area contributed by atoms with Gasteiger partial charge in [0.05, 0.1) is 13.2 Å². The van der Waals surface area contributed by atoms with Gasteiger partial charge < -0.3 is 39.9 Å². The van der Waals surface area contributed by atoms with Crippen LogP contribution in [0.5, 0.6) is 0 Å². The first-order chi connectivity index (χ1) is 28.5. The van der Waals surface area contributed by atoms with Gasteiger partial charge in [0.25, 0.3) is 0 Å². The van der Waals surface area contributed by atoms with E-state index in [1.54, 1.807) is 0 Å². The van der Waals surface area contributed by atoms with Crippen molar-refractivity contribution in [1.82, 2.24) is 0 Å². The van der Waals surface area contributed by atoms with E-state index < -0.39 is 63.1 Å². The summed E-state index contributed by atoms with van der Waals surface area (Å²) in [5.41, 5.74) is 0. The van der Waals surface area contributed by atoms with Crippen LogP contribution in [0.1, 0.15) is 213 Å². The molecule has 1 fully saturated rings. The number of aliphatic hydroxyl groups is 5. The fraction of sp³-hybridized carbons (Fsp3) is 0.935. The summed E-state index contributed by atoms with van der Waals surface area (Å²) in [5.74, 6) is -0.476. The first-order valence-electron chi connectivity index (χ1n) is 24.0. The van der Waals surface area contributed by atoms with E-state index in [1.807, 2.05) is 0 Å². The van der Waals surface area contributed by atoms with E-state index in [1.165, 1.54) is 148 Å². The zero-order valence-electron chi connectivity index (χ0n) is 37.3. The molecule has 6 N–H and O–H groups in total. The van der Waals surface area contributed by atoms with Crippen LogP contribution in [0.4, 0.5) is 0 Å². The summed E-state index contributed by atoms with van der Waals surface area (Å²) in [6.45, 7) is 4.26. The number of carbonyl (C=O) groups excluding carboxylic acids is 1. The molecule has 6 unspecified atom stereocenters. The fourth-order valence-corrected chi connectivity index (χ4v) is 8.50. The maximum atomic E-state index is 12.8. The topological polar surface area (TPSA) is 192 Å². The Morgan fingerprint density at radius 2 is 0.898 bits per heavy atom. The van der Waals surface area contributed by atoms with E-state index in [2.05, 4.69) is 26.0 Å². The van der Waals surface area contributed by atoms with E-state index in [4.69, 9.17) is 18.5 Å². The molecule has 0 spiro atoms. The van der Waals surface area contributed by atoms with Crippen LogP contribution < -0.4 is 0 Å². The number of hydrogen-bond acceptors (Lipinski definition) is 11. The third-order valence-corrected chi connectivity index (χ3v) is 12.4. The molecule has 0 radical (unpaired) electrons. The summed E-state index contributed by atoms with van der Waals surface area (Å²) in [4.78, 5) is 23.1. The Kier molecular flexibility index (Phi) is 35.8. The Labute approximate surface area is 358 Å². The van der Waals surface area contributed by atoms with Crippen LogP contribution in [0.3, 0.4) is 0 Å². The number of esters is 1. The lowest BCUT2D eigenvalue weighted by Gasteiger charge is -2.41. The summed E-state index contributed by atoms with van der Waals surface area (Å²) >= 11 is 0. The van der Waals surface area contributed by atoms with Crippen LogP contribution >= 0.6 is 7.82 Å². The highest BCUT2D eigenvalue weighted by Crippen LogP contribution is 2.47. The van der Waals surface area contributed by atoms with E-state index in [0.29, 0.717) is 13.0 Å². The number of aliphatic hydroxyl groups excluding tert-OH is 5. The summed E-state index contributed by atoms with van der Waals surface area (Å²) in [6, 6.07) is 0. The molecule has 0 aliphatic heterocycles. The molecule has 6 atom stereocenters. The quantitative estimate of drug-likeness (QED) is 0.0148. The Hall–Kier alpha value is -0.920. The normalized spacial score (nSPS) is 22.5. The lowest BCUT2D eigenvalue weighted by atomic mass is 9.85. The van der Waals surface area contributed by atoms with Gasteiger partial charge in [-0.3, -0.25) is 13.8 Å². The smallest absolute Gasteiger partial charge is 0.457 e. The van der Waals surface area contributed by atoms with Gasteiger partial charge in [0.2, 0.25) is 0 Å². The minimum Gasteiger partial charge on any atom is -0.457 e. The number of unbranched alkanes of at least 4 members (excludes halogenated alkanes) is 27. The SMILES string of the molecule is CCCCCCCCCC/C=C\CCCCCCCCCCCCCC(=O)OC(COCCCCCCCCCCC)COP(=O)(O)OC1C(O)C(O)C(O)C(O)C1O. The Balaban J connectivity index is 2.28. The van der Waals surface area contributed by atoms with Gasteiger partial charge in [0.15, 0.2) is 0 Å². The number of ether oxygens (including phenoxy) is 2. The number of phosphoric ester groups is 1. The minimum absolute atomic E-state index is 0.0719. The molecule has 0 saturated heterocycles. The molecule has 1 saturated carbocycles. The van der Waals surface area contributed by atoms with Crippen molar-refractivity contribution in [3.63, 3.8) is 0 Å². The molecule has 0 aromatic heterocycles. The lowest BCUT2D eigenvalue weighted by Crippen LogP contribution is -2.64. The van der Waals surface area contributed by atoms with Crippen LogP contribution in [0.15, 0.2) is 12.2 Å². The fourth-order valence-electron chi connectivity index (χ4n) is 7.53. The van der Waals surface area contributed by atoms with Gasteiger partial charge in [-0.1, -0.05) is 180 Å². The van der Waals surface area contributed by atoms with Crippen LogP contribution in [0.25, 0.3) is 0 Å². The van der Waals surface area contributed by atoms with Crippen molar-refractivity contribution in [2.45, 2.75) is 256 Å². The Morgan fingerprint density at radius 3 is 1.34 bits per heavy atom. The zero-order valence-corrected chi connectivity index (χ0v) is 38.2. The highest BCUT2D eigenvalue weighted by atomic mass is 31.2. The second kappa shape index (κ2) is 37.6. The molecule has 0 amide bonds. The van der Waals surface area contributed by atoms with E-state index in [9.17, 15) is 39.8 Å². The van der Waals surface area contributed by atoms with Crippen molar-refractivity contribution in [3.8, 4) is 0 Å². The van der Waals surface area contributed by atoms with Crippen molar-refractivity contribution in [2.24, 2.45) is 0 Å². The predicted octanol–water partition coefficient (Wildman–Crippen LogP) is 9.92. The van der Waals surface area contributed by atoms with Crippen LogP contribution in [-0.2, 0) is 27.9 Å². The molecule has 0 bridgehead atoms. The minimum atomic E-state index is -5.01. The second-order valence-corrected chi connectivity index (χ2v) is 18.4. The molecule has 1 aliphatic carbocycles. The highest BCUT2D eigenvalue weighted by molar-refractivity contribution is 7.47. The van der Waals surface area contributed by atoms with Crippen molar-refractivity contribution < 1.29 is 58.3 Å². The monoisotopic (exact) mass is 865 g/mol. The van der Waals surface area contributed by atoms with Crippen LogP contribution in [-0.4, -0.2) is 98.9 Å². The van der Waals surface area contributed by atoms with E-state index in [-0.39, 0.29) is 13.0 Å². The second-order valence-electron chi connectivity index (χ2n) is 17.0. The van der Waals surface area contributed by atoms with Crippen molar-refractivity contribution in [1.29, 1.82) is 0 Å². The summed E-state index contributed by atoms with van der Waals surface area (Å²) in [7, 11) is -5.01. The molecule has 59 heavy (non-hydrogen) atoms. The van der Waals surface area contributed by atoms with Crippen LogP contribution in [0.2, 0.25) is 0 Å². The standard InChI is InChI=1S/C46H89O12P/c1-3-5-7-9-11-13-14-15-16-17-18-19-20-21-22-23-24-25-26-27-29-31-33-35-40(47)57-39(37-55-36-34-32-30-28-12-10-8-6-4-2)38-56-59(53,54)58-46-44(51)42(49)41(48)43(50)45(46)52/h17-18,39,41-46,48-52H,3-16,19-38H2,1-2H3,(H,53,54)/b18-17-. The highest BCUT2D eigenvalue weighted by Gasteiger charge is 2.51. The van der Waals surface area contributed by atoms with Gasteiger partial charge >= 0.3 is 13.8 Å². The molecule has 350 valence electrons. The number of allylic oxidation sites excluding steroid dienone is 2. The van der Waals surface area contributed by atoms with Crippen molar-refractivity contribution in [3.05, 3.63) is 12.2 Å². The van der Waals surface area contributed by atoms with Gasteiger partial charge in [0.1, 0.15) is 42.7 Å². The molecule has 12 nitrogen and oxygen atoms in total. The van der Waals surface area contributed by atoms with E-state index in [0.717, 1.165) is 38.5 Å². The van der Waals surface area contributed by atoms with Gasteiger partial charge in [0, 0.05) is 13.0 Å². The molecular formula is C46H89O12P.